The molecule has 0 aliphatic heterocycles. The summed E-state index contributed by atoms with van der Waals surface area (Å²) in [6, 6.07) is 11.1. The smallest absolute Gasteiger partial charge is 0.268 e. The molecule has 4 nitrogen and oxygen atoms in total. The standard InChI is InChI=1S/C20H16ClN3OS2/c1-12-23-18(11-27-12)15-8-17(22-9-15)20(25)24-19(14-6-7-26-10-14)13-2-4-16(21)5-3-13/h2-11,19,22H,1H3,(H,24,25)/t19-/m0/s1. The van der Waals surface area contributed by atoms with Crippen LogP contribution in [-0.4, -0.2) is 15.9 Å². The second kappa shape index (κ2) is 7.68. The summed E-state index contributed by atoms with van der Waals surface area (Å²) in [4.78, 5) is 20.4. The van der Waals surface area contributed by atoms with Gasteiger partial charge in [-0.25, -0.2) is 4.98 Å². The zero-order valence-corrected chi connectivity index (χ0v) is 16.8. The summed E-state index contributed by atoms with van der Waals surface area (Å²) < 4.78 is 0. The molecule has 4 aromatic rings. The number of carbonyl (C=O) groups excluding carboxylic acids is 1. The van der Waals surface area contributed by atoms with Crippen LogP contribution in [0.3, 0.4) is 0 Å². The first-order chi connectivity index (χ1) is 13.1. The number of benzene rings is 1. The number of amides is 1. The molecule has 0 unspecified atom stereocenters. The van der Waals surface area contributed by atoms with Crippen LogP contribution in [0, 0.1) is 6.92 Å². The fourth-order valence-corrected chi connectivity index (χ4v) is 4.27. The Balaban J connectivity index is 1.59. The maximum atomic E-state index is 12.9. The lowest BCUT2D eigenvalue weighted by Gasteiger charge is -2.18. The van der Waals surface area contributed by atoms with Crippen LogP contribution in [0.1, 0.15) is 32.7 Å². The van der Waals surface area contributed by atoms with Crippen molar-refractivity contribution in [2.45, 2.75) is 13.0 Å². The third-order valence-electron chi connectivity index (χ3n) is 4.20. The van der Waals surface area contributed by atoms with E-state index in [1.165, 1.54) is 0 Å². The number of hydrogen-bond donors (Lipinski definition) is 2. The van der Waals surface area contributed by atoms with Gasteiger partial charge in [-0.1, -0.05) is 23.7 Å². The molecule has 1 aromatic carbocycles. The number of halogens is 1. The average molecular weight is 414 g/mol. The number of thiazole rings is 1. The van der Waals surface area contributed by atoms with Gasteiger partial charge in [0.25, 0.3) is 5.91 Å². The van der Waals surface area contributed by atoms with Crippen molar-refractivity contribution in [1.82, 2.24) is 15.3 Å². The van der Waals surface area contributed by atoms with Gasteiger partial charge in [-0.2, -0.15) is 11.3 Å². The second-order valence-corrected chi connectivity index (χ2v) is 8.35. The minimum Gasteiger partial charge on any atom is -0.357 e. The normalized spacial score (nSPS) is 12.1. The maximum Gasteiger partial charge on any atom is 0.268 e. The highest BCUT2D eigenvalue weighted by Gasteiger charge is 2.19. The minimum atomic E-state index is -0.241. The number of nitrogens with zero attached hydrogens (tertiary/aromatic N) is 1. The molecule has 0 aliphatic carbocycles. The van der Waals surface area contributed by atoms with Crippen LogP contribution >= 0.6 is 34.3 Å². The molecule has 0 saturated heterocycles. The van der Waals surface area contributed by atoms with Crippen LogP contribution in [0.2, 0.25) is 5.02 Å². The summed E-state index contributed by atoms with van der Waals surface area (Å²) in [5, 5.41) is 10.8. The lowest BCUT2D eigenvalue weighted by Crippen LogP contribution is -2.29. The quantitative estimate of drug-likeness (QED) is 0.442. The van der Waals surface area contributed by atoms with Crippen LogP contribution in [0.5, 0.6) is 0 Å². The molecule has 0 spiro atoms. The van der Waals surface area contributed by atoms with E-state index in [0.29, 0.717) is 10.7 Å². The predicted molar refractivity (Wildman–Crippen MR) is 112 cm³/mol. The van der Waals surface area contributed by atoms with E-state index in [1.807, 2.05) is 65.7 Å². The Morgan fingerprint density at radius 1 is 1.19 bits per heavy atom. The number of H-pyrrole nitrogens is 1. The Bertz CT molecular complexity index is 1050. The molecule has 3 aromatic heterocycles. The van der Waals surface area contributed by atoms with Crippen LogP contribution in [0.15, 0.2) is 58.7 Å². The molecular weight excluding hydrogens is 398 g/mol. The summed E-state index contributed by atoms with van der Waals surface area (Å²) in [6.07, 6.45) is 1.81. The predicted octanol–water partition coefficient (Wildman–Crippen LogP) is 5.68. The molecule has 0 radical (unpaired) electrons. The van der Waals surface area contributed by atoms with Crippen LogP contribution in [-0.2, 0) is 0 Å². The van der Waals surface area contributed by atoms with Crippen molar-refractivity contribution < 1.29 is 4.79 Å². The lowest BCUT2D eigenvalue weighted by atomic mass is 10.0. The lowest BCUT2D eigenvalue weighted by molar-refractivity contribution is 0.0938. The third-order valence-corrected chi connectivity index (χ3v) is 5.92. The molecule has 7 heteroatoms. The highest BCUT2D eigenvalue weighted by atomic mass is 35.5. The molecule has 1 amide bonds. The van der Waals surface area contributed by atoms with Gasteiger partial charge >= 0.3 is 0 Å². The van der Waals surface area contributed by atoms with Gasteiger partial charge in [-0.3, -0.25) is 4.79 Å². The van der Waals surface area contributed by atoms with E-state index in [9.17, 15) is 4.79 Å². The topological polar surface area (TPSA) is 57.8 Å². The summed E-state index contributed by atoms with van der Waals surface area (Å²) >= 11 is 9.20. The van der Waals surface area contributed by atoms with Crippen LogP contribution < -0.4 is 5.32 Å². The molecule has 1 atom stereocenters. The first-order valence-corrected chi connectivity index (χ1v) is 10.5. The number of aryl methyl sites for hydroxylation is 1. The van der Waals surface area contributed by atoms with Gasteiger partial charge < -0.3 is 10.3 Å². The first-order valence-electron chi connectivity index (χ1n) is 8.29. The molecule has 3 heterocycles. The van der Waals surface area contributed by atoms with Gasteiger partial charge in [-0.15, -0.1) is 11.3 Å². The fraction of sp³-hybridized carbons (Fsp3) is 0.100. The van der Waals surface area contributed by atoms with Gasteiger partial charge in [0, 0.05) is 22.2 Å². The molecule has 0 aliphatic rings. The zero-order valence-electron chi connectivity index (χ0n) is 14.4. The maximum absolute atomic E-state index is 12.9. The zero-order chi connectivity index (χ0) is 18.8. The van der Waals surface area contributed by atoms with E-state index in [4.69, 9.17) is 11.6 Å². The molecule has 2 N–H and O–H groups in total. The van der Waals surface area contributed by atoms with Crippen molar-refractivity contribution in [3.63, 3.8) is 0 Å². The fourth-order valence-electron chi connectivity index (χ4n) is 2.83. The summed E-state index contributed by atoms with van der Waals surface area (Å²) in [6.45, 7) is 1.96. The Morgan fingerprint density at radius 2 is 2.00 bits per heavy atom. The van der Waals surface area contributed by atoms with Crippen molar-refractivity contribution in [2.24, 2.45) is 0 Å². The van der Waals surface area contributed by atoms with Gasteiger partial charge in [0.2, 0.25) is 0 Å². The summed E-state index contributed by atoms with van der Waals surface area (Å²) in [7, 11) is 0. The number of thiophene rings is 1. The first kappa shape index (κ1) is 18.0. The van der Waals surface area contributed by atoms with Gasteiger partial charge in [0.15, 0.2) is 0 Å². The van der Waals surface area contributed by atoms with E-state index in [-0.39, 0.29) is 11.9 Å². The minimum absolute atomic E-state index is 0.167. The Kier molecular flexibility index (Phi) is 5.11. The van der Waals surface area contributed by atoms with Crippen LogP contribution in [0.25, 0.3) is 11.3 Å². The molecule has 0 bridgehead atoms. The number of carbonyl (C=O) groups is 1. The Labute approximate surface area is 169 Å². The molecule has 4 rings (SSSR count). The third kappa shape index (κ3) is 3.98. The number of rotatable bonds is 5. The Morgan fingerprint density at radius 3 is 2.67 bits per heavy atom. The van der Waals surface area contributed by atoms with Gasteiger partial charge in [0.1, 0.15) is 5.69 Å². The molecular formula is C20H16ClN3OS2. The van der Waals surface area contributed by atoms with Crippen molar-refractivity contribution >= 4 is 40.2 Å². The summed E-state index contributed by atoms with van der Waals surface area (Å²) in [5.41, 5.74) is 4.30. The average Bonchev–Trinajstić information content (AvgIpc) is 3.41. The van der Waals surface area contributed by atoms with Crippen molar-refractivity contribution in [2.75, 3.05) is 0 Å². The van der Waals surface area contributed by atoms with Gasteiger partial charge in [0.05, 0.1) is 16.7 Å². The van der Waals surface area contributed by atoms with E-state index in [0.717, 1.165) is 27.4 Å². The largest absolute Gasteiger partial charge is 0.357 e. The number of hydrogen-bond acceptors (Lipinski definition) is 4. The van der Waals surface area contributed by atoms with Crippen molar-refractivity contribution in [3.8, 4) is 11.3 Å². The number of nitrogens with one attached hydrogen (secondary N) is 2. The SMILES string of the molecule is Cc1nc(-c2c[nH]c(C(=O)N[C@@H](c3ccc(Cl)cc3)c3ccsc3)c2)cs1. The second-order valence-electron chi connectivity index (χ2n) is 6.07. The molecule has 0 saturated carbocycles. The highest BCUT2D eigenvalue weighted by molar-refractivity contribution is 7.09. The number of aromatic amines is 1. The number of aromatic nitrogens is 2. The summed E-state index contributed by atoms with van der Waals surface area (Å²) in [5.74, 6) is -0.167. The van der Waals surface area contributed by atoms with Crippen LogP contribution in [0.4, 0.5) is 0 Å². The highest BCUT2D eigenvalue weighted by Crippen LogP contribution is 2.27. The molecule has 27 heavy (non-hydrogen) atoms. The van der Waals surface area contributed by atoms with E-state index >= 15 is 0 Å². The monoisotopic (exact) mass is 413 g/mol. The van der Waals surface area contributed by atoms with E-state index in [1.54, 1.807) is 22.7 Å². The van der Waals surface area contributed by atoms with E-state index < -0.39 is 0 Å². The van der Waals surface area contributed by atoms with E-state index in [2.05, 4.69) is 15.3 Å². The van der Waals surface area contributed by atoms with Crippen molar-refractivity contribution in [3.05, 3.63) is 85.6 Å². The molecule has 0 fully saturated rings. The Hall–Kier alpha value is -2.41. The van der Waals surface area contributed by atoms with Gasteiger partial charge in [-0.05, 0) is 53.1 Å². The molecule has 136 valence electrons. The van der Waals surface area contributed by atoms with Crippen molar-refractivity contribution in [1.29, 1.82) is 0 Å².